The van der Waals surface area contributed by atoms with Crippen LogP contribution in [0.25, 0.3) is 0 Å². The molecule has 0 atom stereocenters. The smallest absolute Gasteiger partial charge is 0.229 e. The summed E-state index contributed by atoms with van der Waals surface area (Å²) in [6, 6.07) is 9.46. The number of amides is 2. The van der Waals surface area contributed by atoms with Gasteiger partial charge in [-0.05, 0) is 49.2 Å². The van der Waals surface area contributed by atoms with Gasteiger partial charge in [0, 0.05) is 46.9 Å². The van der Waals surface area contributed by atoms with Crippen molar-refractivity contribution in [1.29, 1.82) is 0 Å². The Bertz CT molecular complexity index is 1020. The molecule has 2 amide bonds. The van der Waals surface area contributed by atoms with Crippen molar-refractivity contribution in [3.63, 3.8) is 0 Å². The largest absolute Gasteiger partial charge is 0.497 e. The summed E-state index contributed by atoms with van der Waals surface area (Å²) in [6.45, 7) is 15.2. The van der Waals surface area contributed by atoms with Gasteiger partial charge < -0.3 is 25.2 Å². The minimum atomic E-state index is -0.465. The number of carbonyl (C=O) groups is 2. The lowest BCUT2D eigenvalue weighted by Gasteiger charge is -2.21. The molecule has 0 radical (unpaired) electrons. The van der Waals surface area contributed by atoms with Crippen LogP contribution in [0.3, 0.4) is 0 Å². The van der Waals surface area contributed by atoms with Crippen LogP contribution in [0.5, 0.6) is 11.5 Å². The first-order chi connectivity index (χ1) is 16.1. The van der Waals surface area contributed by atoms with E-state index in [0.29, 0.717) is 17.9 Å². The molecule has 0 unspecified atom stereocenters. The monoisotopic (exact) mass is 486 g/mol. The number of rotatable bonds is 6. The van der Waals surface area contributed by atoms with E-state index in [0.717, 1.165) is 28.1 Å². The third-order valence-electron chi connectivity index (χ3n) is 5.09. The highest BCUT2D eigenvalue weighted by Crippen LogP contribution is 2.30. The Morgan fingerprint density at radius 1 is 0.800 bits per heavy atom. The molecule has 35 heavy (non-hydrogen) atoms. The van der Waals surface area contributed by atoms with Crippen molar-refractivity contribution in [2.24, 2.45) is 10.8 Å². The minimum absolute atomic E-state index is 0.000142. The molecule has 2 rings (SSSR count). The first kappa shape index (κ1) is 30.0. The summed E-state index contributed by atoms with van der Waals surface area (Å²) in [5.74, 6) is 1.39. The van der Waals surface area contributed by atoms with E-state index in [-0.39, 0.29) is 18.4 Å². The lowest BCUT2D eigenvalue weighted by Crippen LogP contribution is -2.28. The summed E-state index contributed by atoms with van der Waals surface area (Å²) in [5.41, 5.74) is 3.52. The van der Waals surface area contributed by atoms with Crippen molar-refractivity contribution in [1.82, 2.24) is 0 Å². The van der Waals surface area contributed by atoms with Gasteiger partial charge in [-0.3, -0.25) is 9.59 Å². The van der Waals surface area contributed by atoms with Crippen LogP contribution in [-0.2, 0) is 16.0 Å². The van der Waals surface area contributed by atoms with E-state index in [1.807, 2.05) is 85.7 Å². The standard InChI is InChI=1S/C15H23NO3.C13H19NO2/c1-10-8-12(16-14(18)15(2,3)4)11(6-7-17)13(9-10)19-5;1-9-6-10(8-11(7-9)16-5)14-12(15)13(2,3)4/h8-9,17H,6-7H2,1-5H3,(H,16,18);6-8H,1-5H3,(H,14,15). The van der Waals surface area contributed by atoms with Crippen LogP contribution in [0.15, 0.2) is 30.3 Å². The third-order valence-corrected chi connectivity index (χ3v) is 5.09. The van der Waals surface area contributed by atoms with Crippen molar-refractivity contribution in [2.75, 3.05) is 31.5 Å². The number of aliphatic hydroxyl groups excluding tert-OH is 1. The summed E-state index contributed by atoms with van der Waals surface area (Å²) in [6.07, 6.45) is 0.448. The Morgan fingerprint density at radius 3 is 1.83 bits per heavy atom. The van der Waals surface area contributed by atoms with Crippen LogP contribution in [-0.4, -0.2) is 37.7 Å². The molecule has 0 bridgehead atoms. The molecule has 0 aromatic heterocycles. The molecule has 3 N–H and O–H groups in total. The maximum Gasteiger partial charge on any atom is 0.229 e. The van der Waals surface area contributed by atoms with Gasteiger partial charge >= 0.3 is 0 Å². The molecular formula is C28H42N2O5. The number of anilines is 2. The molecule has 0 saturated heterocycles. The minimum Gasteiger partial charge on any atom is -0.497 e. The molecule has 0 aliphatic carbocycles. The number of carbonyl (C=O) groups excluding carboxylic acids is 2. The van der Waals surface area contributed by atoms with E-state index in [1.165, 1.54) is 0 Å². The predicted octanol–water partition coefficient (Wildman–Crippen LogP) is 5.51. The highest BCUT2D eigenvalue weighted by Gasteiger charge is 2.23. The fraction of sp³-hybridized carbons (Fsp3) is 0.500. The topological polar surface area (TPSA) is 96.9 Å². The lowest BCUT2D eigenvalue weighted by atomic mass is 9.95. The maximum atomic E-state index is 12.1. The summed E-state index contributed by atoms with van der Waals surface area (Å²) < 4.78 is 10.5. The molecule has 2 aromatic rings. The Morgan fingerprint density at radius 2 is 1.34 bits per heavy atom. The molecule has 194 valence electrons. The number of hydrogen-bond donors (Lipinski definition) is 3. The van der Waals surface area contributed by atoms with E-state index >= 15 is 0 Å². The van der Waals surface area contributed by atoms with E-state index < -0.39 is 10.8 Å². The summed E-state index contributed by atoms with van der Waals surface area (Å²) >= 11 is 0. The number of aliphatic hydroxyl groups is 1. The van der Waals surface area contributed by atoms with Gasteiger partial charge in [-0.1, -0.05) is 41.5 Å². The van der Waals surface area contributed by atoms with Gasteiger partial charge in [0.15, 0.2) is 0 Å². The molecule has 0 saturated carbocycles. The molecule has 0 heterocycles. The number of aryl methyl sites for hydroxylation is 2. The van der Waals surface area contributed by atoms with Gasteiger partial charge in [0.05, 0.1) is 14.2 Å². The van der Waals surface area contributed by atoms with E-state index in [4.69, 9.17) is 14.6 Å². The first-order valence-corrected chi connectivity index (χ1v) is 11.7. The molecular weight excluding hydrogens is 444 g/mol. The van der Waals surface area contributed by atoms with Crippen LogP contribution in [0, 0.1) is 24.7 Å². The molecule has 0 spiro atoms. The van der Waals surface area contributed by atoms with E-state index in [2.05, 4.69) is 10.6 Å². The molecule has 0 fully saturated rings. The van der Waals surface area contributed by atoms with E-state index in [1.54, 1.807) is 14.2 Å². The van der Waals surface area contributed by atoms with Gasteiger partial charge in [-0.25, -0.2) is 0 Å². The maximum absolute atomic E-state index is 12.1. The normalized spacial score (nSPS) is 11.2. The SMILES string of the molecule is COc1cc(C)cc(NC(=O)C(C)(C)C)c1.COc1cc(C)cc(NC(=O)C(C)(C)C)c1CCO. The quantitative estimate of drug-likeness (QED) is 0.500. The van der Waals surface area contributed by atoms with Crippen molar-refractivity contribution >= 4 is 23.2 Å². The number of benzene rings is 2. The van der Waals surface area contributed by atoms with Crippen molar-refractivity contribution in [2.45, 2.75) is 61.8 Å². The van der Waals surface area contributed by atoms with Gasteiger partial charge in [0.2, 0.25) is 11.8 Å². The van der Waals surface area contributed by atoms with E-state index in [9.17, 15) is 9.59 Å². The Labute approximate surface area is 210 Å². The second-order valence-corrected chi connectivity index (χ2v) is 10.6. The van der Waals surface area contributed by atoms with Crippen LogP contribution in [0.1, 0.15) is 58.2 Å². The fourth-order valence-corrected chi connectivity index (χ4v) is 3.01. The first-order valence-electron chi connectivity index (χ1n) is 11.7. The average molecular weight is 487 g/mol. The third kappa shape index (κ3) is 9.61. The average Bonchev–Trinajstić information content (AvgIpc) is 2.74. The zero-order valence-electron chi connectivity index (χ0n) is 22.9. The van der Waals surface area contributed by atoms with Crippen LogP contribution in [0.2, 0.25) is 0 Å². The number of nitrogens with one attached hydrogen (secondary N) is 2. The van der Waals surface area contributed by atoms with Crippen LogP contribution < -0.4 is 20.1 Å². The fourth-order valence-electron chi connectivity index (χ4n) is 3.01. The van der Waals surface area contributed by atoms with Crippen molar-refractivity contribution in [3.05, 3.63) is 47.0 Å². The lowest BCUT2D eigenvalue weighted by molar-refractivity contribution is -0.123. The second-order valence-electron chi connectivity index (χ2n) is 10.6. The number of methoxy groups -OCH3 is 2. The highest BCUT2D eigenvalue weighted by atomic mass is 16.5. The Kier molecular flexibility index (Phi) is 10.8. The van der Waals surface area contributed by atoms with Crippen molar-refractivity contribution < 1.29 is 24.2 Å². The van der Waals surface area contributed by atoms with Crippen molar-refractivity contribution in [3.8, 4) is 11.5 Å². The second kappa shape index (κ2) is 12.6. The summed E-state index contributed by atoms with van der Waals surface area (Å²) in [5, 5.41) is 15.0. The van der Waals surface area contributed by atoms with Gasteiger partial charge in [-0.15, -0.1) is 0 Å². The van der Waals surface area contributed by atoms with Gasteiger partial charge in [-0.2, -0.15) is 0 Å². The highest BCUT2D eigenvalue weighted by molar-refractivity contribution is 5.96. The Hall–Kier alpha value is -3.06. The number of hydrogen-bond acceptors (Lipinski definition) is 5. The molecule has 0 aliphatic heterocycles. The molecule has 0 aliphatic rings. The Balaban J connectivity index is 0.000000355. The summed E-state index contributed by atoms with van der Waals surface area (Å²) in [4.78, 5) is 23.9. The van der Waals surface area contributed by atoms with Gasteiger partial charge in [0.1, 0.15) is 11.5 Å². The number of ether oxygens (including phenoxy) is 2. The summed E-state index contributed by atoms with van der Waals surface area (Å²) in [7, 11) is 3.20. The van der Waals surface area contributed by atoms with Crippen LogP contribution in [0.4, 0.5) is 11.4 Å². The molecule has 7 heteroatoms. The molecule has 7 nitrogen and oxygen atoms in total. The zero-order valence-corrected chi connectivity index (χ0v) is 22.9. The zero-order chi connectivity index (χ0) is 27.0. The van der Waals surface area contributed by atoms with Crippen LogP contribution >= 0.6 is 0 Å². The van der Waals surface area contributed by atoms with Gasteiger partial charge in [0.25, 0.3) is 0 Å². The predicted molar refractivity (Wildman–Crippen MR) is 142 cm³/mol. The molecule has 2 aromatic carbocycles.